The number of carbonyl (C=O) groups is 1. The lowest BCUT2D eigenvalue weighted by Crippen LogP contribution is -2.40. The first kappa shape index (κ1) is 22.2. The molecule has 0 saturated carbocycles. The summed E-state index contributed by atoms with van der Waals surface area (Å²) in [5.41, 5.74) is 2.37. The maximum atomic E-state index is 13.5. The zero-order valence-corrected chi connectivity index (χ0v) is 18.6. The van der Waals surface area contributed by atoms with Gasteiger partial charge in [-0.15, -0.1) is 0 Å². The SMILES string of the molecule is O=C(c1cccc(S(=O)(=O)N2CCOCC2)c1)N(Cc1ccccc1)Cc1ccccc1. The lowest BCUT2D eigenvalue weighted by molar-refractivity contribution is 0.0725. The topological polar surface area (TPSA) is 66.9 Å². The highest BCUT2D eigenvalue weighted by atomic mass is 32.2. The summed E-state index contributed by atoms with van der Waals surface area (Å²) in [5.74, 6) is -0.211. The van der Waals surface area contributed by atoms with Crippen molar-refractivity contribution in [3.05, 3.63) is 102 Å². The van der Waals surface area contributed by atoms with E-state index in [9.17, 15) is 13.2 Å². The van der Waals surface area contributed by atoms with Crippen LogP contribution in [0.15, 0.2) is 89.8 Å². The molecule has 0 aromatic heterocycles. The molecule has 0 unspecified atom stereocenters. The van der Waals surface area contributed by atoms with Crippen LogP contribution in [0.4, 0.5) is 0 Å². The van der Waals surface area contributed by atoms with E-state index in [-0.39, 0.29) is 10.8 Å². The summed E-state index contributed by atoms with van der Waals surface area (Å²) in [5, 5.41) is 0. The Bertz CT molecular complexity index is 1100. The molecule has 0 atom stereocenters. The van der Waals surface area contributed by atoms with Gasteiger partial charge in [-0.05, 0) is 29.3 Å². The Hall–Kier alpha value is -3.00. The molecule has 4 rings (SSSR count). The molecule has 0 bridgehead atoms. The quantitative estimate of drug-likeness (QED) is 0.552. The first-order chi connectivity index (χ1) is 15.5. The molecule has 3 aromatic carbocycles. The first-order valence-electron chi connectivity index (χ1n) is 10.6. The van der Waals surface area contributed by atoms with E-state index in [1.54, 1.807) is 23.1 Å². The molecule has 6 nitrogen and oxygen atoms in total. The molecule has 0 spiro atoms. The number of hydrogen-bond acceptors (Lipinski definition) is 4. The van der Waals surface area contributed by atoms with Gasteiger partial charge in [0, 0.05) is 31.7 Å². The molecule has 1 fully saturated rings. The van der Waals surface area contributed by atoms with Crippen molar-refractivity contribution in [2.24, 2.45) is 0 Å². The van der Waals surface area contributed by atoms with Crippen LogP contribution in [-0.4, -0.2) is 49.8 Å². The molecular weight excluding hydrogens is 424 g/mol. The van der Waals surface area contributed by atoms with Crippen LogP contribution in [-0.2, 0) is 27.8 Å². The Kier molecular flexibility index (Phi) is 6.99. The van der Waals surface area contributed by atoms with Gasteiger partial charge in [0.05, 0.1) is 18.1 Å². The second-order valence-electron chi connectivity index (χ2n) is 7.68. The monoisotopic (exact) mass is 450 g/mol. The minimum atomic E-state index is -3.68. The van der Waals surface area contributed by atoms with Crippen LogP contribution in [0.5, 0.6) is 0 Å². The summed E-state index contributed by atoms with van der Waals surface area (Å²) in [6.45, 7) is 2.23. The van der Waals surface area contributed by atoms with E-state index >= 15 is 0 Å². The largest absolute Gasteiger partial charge is 0.379 e. The van der Waals surface area contributed by atoms with Crippen molar-refractivity contribution in [2.75, 3.05) is 26.3 Å². The zero-order chi connectivity index (χ0) is 22.4. The number of sulfonamides is 1. The average Bonchev–Trinajstić information content (AvgIpc) is 2.85. The van der Waals surface area contributed by atoms with Gasteiger partial charge >= 0.3 is 0 Å². The number of amides is 1. The van der Waals surface area contributed by atoms with Crippen molar-refractivity contribution >= 4 is 15.9 Å². The second kappa shape index (κ2) is 10.1. The molecule has 1 amide bonds. The van der Waals surface area contributed by atoms with Gasteiger partial charge in [-0.3, -0.25) is 4.79 Å². The number of ether oxygens (including phenoxy) is 1. The molecule has 32 heavy (non-hydrogen) atoms. The third-order valence-corrected chi connectivity index (χ3v) is 7.30. The maximum Gasteiger partial charge on any atom is 0.254 e. The van der Waals surface area contributed by atoms with E-state index in [2.05, 4.69) is 0 Å². The van der Waals surface area contributed by atoms with Crippen LogP contribution < -0.4 is 0 Å². The van der Waals surface area contributed by atoms with Gasteiger partial charge < -0.3 is 9.64 Å². The van der Waals surface area contributed by atoms with Gasteiger partial charge in [0.25, 0.3) is 5.91 Å². The normalized spacial score (nSPS) is 14.8. The molecule has 1 heterocycles. The molecular formula is C25H26N2O4S. The molecule has 1 aliphatic heterocycles. The summed E-state index contributed by atoms with van der Waals surface area (Å²) in [6, 6.07) is 25.9. The fraction of sp³-hybridized carbons (Fsp3) is 0.240. The van der Waals surface area contributed by atoms with Gasteiger partial charge in [-0.1, -0.05) is 66.7 Å². The van der Waals surface area contributed by atoms with Crippen LogP contribution in [0, 0.1) is 0 Å². The van der Waals surface area contributed by atoms with Crippen molar-refractivity contribution in [1.82, 2.24) is 9.21 Å². The predicted octanol–water partition coefficient (Wildman–Crippen LogP) is 3.55. The van der Waals surface area contributed by atoms with Gasteiger partial charge in [0.1, 0.15) is 0 Å². The number of hydrogen-bond donors (Lipinski definition) is 0. The standard InChI is InChI=1S/C25H26N2O4S/c28-25(23-12-7-13-24(18-23)32(29,30)27-14-16-31-17-15-27)26(19-21-8-3-1-4-9-21)20-22-10-5-2-6-11-22/h1-13,18H,14-17,19-20H2. The van der Waals surface area contributed by atoms with E-state index < -0.39 is 10.0 Å². The van der Waals surface area contributed by atoms with E-state index in [1.807, 2.05) is 60.7 Å². The van der Waals surface area contributed by atoms with Crippen molar-refractivity contribution in [2.45, 2.75) is 18.0 Å². The van der Waals surface area contributed by atoms with Crippen LogP contribution in [0.25, 0.3) is 0 Å². The lowest BCUT2D eigenvalue weighted by atomic mass is 10.1. The van der Waals surface area contributed by atoms with Gasteiger partial charge in [0.2, 0.25) is 10.0 Å². The van der Waals surface area contributed by atoms with Crippen LogP contribution in [0.3, 0.4) is 0 Å². The van der Waals surface area contributed by atoms with E-state index in [0.717, 1.165) is 11.1 Å². The number of carbonyl (C=O) groups excluding carboxylic acids is 1. The van der Waals surface area contributed by atoms with Gasteiger partial charge in [0.15, 0.2) is 0 Å². The Morgan fingerprint density at radius 3 is 1.94 bits per heavy atom. The minimum Gasteiger partial charge on any atom is -0.379 e. The van der Waals surface area contributed by atoms with Crippen LogP contribution in [0.2, 0.25) is 0 Å². The maximum absolute atomic E-state index is 13.5. The molecule has 166 valence electrons. The summed E-state index contributed by atoms with van der Waals surface area (Å²) >= 11 is 0. The van der Waals surface area contributed by atoms with E-state index in [0.29, 0.717) is 45.0 Å². The summed E-state index contributed by atoms with van der Waals surface area (Å²) in [7, 11) is -3.68. The molecule has 7 heteroatoms. The van der Waals surface area contributed by atoms with E-state index in [1.165, 1.54) is 10.4 Å². The third kappa shape index (κ3) is 5.24. The lowest BCUT2D eigenvalue weighted by Gasteiger charge is -2.26. The Morgan fingerprint density at radius 1 is 0.812 bits per heavy atom. The van der Waals surface area contributed by atoms with Crippen molar-refractivity contribution in [3.63, 3.8) is 0 Å². The van der Waals surface area contributed by atoms with Crippen LogP contribution in [0.1, 0.15) is 21.5 Å². The molecule has 0 N–H and O–H groups in total. The number of morpholine rings is 1. The highest BCUT2D eigenvalue weighted by Crippen LogP contribution is 2.21. The molecule has 1 saturated heterocycles. The van der Waals surface area contributed by atoms with Crippen molar-refractivity contribution in [3.8, 4) is 0 Å². The minimum absolute atomic E-state index is 0.129. The predicted molar refractivity (Wildman–Crippen MR) is 122 cm³/mol. The number of nitrogens with zero attached hydrogens (tertiary/aromatic N) is 2. The third-order valence-electron chi connectivity index (χ3n) is 5.41. The Balaban J connectivity index is 1.62. The first-order valence-corrected chi connectivity index (χ1v) is 12.0. The molecule has 0 radical (unpaired) electrons. The Morgan fingerprint density at radius 2 is 1.38 bits per heavy atom. The molecule has 0 aliphatic carbocycles. The molecule has 1 aliphatic rings. The Labute approximate surface area is 189 Å². The fourth-order valence-corrected chi connectivity index (χ4v) is 5.17. The van der Waals surface area contributed by atoms with E-state index in [4.69, 9.17) is 4.74 Å². The highest BCUT2D eigenvalue weighted by molar-refractivity contribution is 7.89. The van der Waals surface area contributed by atoms with Crippen molar-refractivity contribution < 1.29 is 17.9 Å². The fourth-order valence-electron chi connectivity index (χ4n) is 3.72. The highest BCUT2D eigenvalue weighted by Gasteiger charge is 2.27. The van der Waals surface area contributed by atoms with Gasteiger partial charge in [-0.25, -0.2) is 8.42 Å². The summed E-state index contributed by atoms with van der Waals surface area (Å²) < 4.78 is 32.8. The molecule has 3 aromatic rings. The number of rotatable bonds is 7. The number of benzene rings is 3. The summed E-state index contributed by atoms with van der Waals surface area (Å²) in [6.07, 6.45) is 0. The zero-order valence-electron chi connectivity index (χ0n) is 17.8. The second-order valence-corrected chi connectivity index (χ2v) is 9.61. The van der Waals surface area contributed by atoms with Gasteiger partial charge in [-0.2, -0.15) is 4.31 Å². The summed E-state index contributed by atoms with van der Waals surface area (Å²) in [4.78, 5) is 15.4. The smallest absolute Gasteiger partial charge is 0.254 e. The van der Waals surface area contributed by atoms with Crippen molar-refractivity contribution in [1.29, 1.82) is 0 Å². The van der Waals surface area contributed by atoms with Crippen LogP contribution >= 0.6 is 0 Å². The average molecular weight is 451 g/mol.